The van der Waals surface area contributed by atoms with Gasteiger partial charge in [0, 0.05) is 12.2 Å². The predicted octanol–water partition coefficient (Wildman–Crippen LogP) is 2.53. The number of hydrogen-bond acceptors (Lipinski definition) is 4. The van der Waals surface area contributed by atoms with Crippen molar-refractivity contribution < 1.29 is 19.4 Å². The average Bonchev–Trinajstić information content (AvgIpc) is 2.98. The van der Waals surface area contributed by atoms with E-state index in [1.54, 1.807) is 17.9 Å². The molecule has 0 saturated carbocycles. The van der Waals surface area contributed by atoms with E-state index in [1.165, 1.54) is 18.2 Å². The summed E-state index contributed by atoms with van der Waals surface area (Å²) in [4.78, 5) is 26.3. The second-order valence-corrected chi connectivity index (χ2v) is 5.47. The third-order valence-corrected chi connectivity index (χ3v) is 3.87. The highest BCUT2D eigenvalue weighted by Crippen LogP contribution is 2.28. The summed E-state index contributed by atoms with van der Waals surface area (Å²) in [5.74, 6) is -0.899. The summed E-state index contributed by atoms with van der Waals surface area (Å²) in [5, 5.41) is 9.40. The number of phenolic OH excluding ortho intramolecular Hbond substituents is 1. The number of fused-ring (bicyclic) bond motifs is 1. The van der Waals surface area contributed by atoms with Crippen molar-refractivity contribution in [1.82, 2.24) is 0 Å². The fourth-order valence-electron chi connectivity index (χ4n) is 2.70. The van der Waals surface area contributed by atoms with Crippen LogP contribution in [0.1, 0.15) is 22.8 Å². The number of esters is 1. The van der Waals surface area contributed by atoms with Gasteiger partial charge in [0.15, 0.2) is 6.10 Å². The quantitative estimate of drug-likeness (QED) is 0.885. The molecule has 0 radical (unpaired) electrons. The molecule has 0 spiro atoms. The van der Waals surface area contributed by atoms with Gasteiger partial charge in [0.1, 0.15) is 5.75 Å². The van der Waals surface area contributed by atoms with E-state index in [0.717, 1.165) is 17.7 Å². The summed E-state index contributed by atoms with van der Waals surface area (Å²) in [6.45, 7) is 2.15. The summed E-state index contributed by atoms with van der Waals surface area (Å²) in [6, 6.07) is 13.6. The van der Waals surface area contributed by atoms with Crippen LogP contribution in [0.5, 0.6) is 5.75 Å². The SMILES string of the molecule is C[C@H](OC(=O)c1cccc(O)c1)C(=O)N1CCc2ccccc21. The summed E-state index contributed by atoms with van der Waals surface area (Å²) in [5.41, 5.74) is 2.21. The number of nitrogens with zero attached hydrogens (tertiary/aromatic N) is 1. The van der Waals surface area contributed by atoms with Gasteiger partial charge in [-0.1, -0.05) is 24.3 Å². The molecule has 3 rings (SSSR count). The van der Waals surface area contributed by atoms with Crippen molar-refractivity contribution in [3.63, 3.8) is 0 Å². The number of benzene rings is 2. The lowest BCUT2D eigenvalue weighted by Gasteiger charge is -2.21. The monoisotopic (exact) mass is 311 g/mol. The molecule has 1 atom stereocenters. The van der Waals surface area contributed by atoms with Gasteiger partial charge in [0.2, 0.25) is 0 Å². The van der Waals surface area contributed by atoms with Crippen molar-refractivity contribution in [2.24, 2.45) is 0 Å². The first-order valence-electron chi connectivity index (χ1n) is 7.45. The maximum atomic E-state index is 12.5. The van der Waals surface area contributed by atoms with Crippen LogP contribution in [0.15, 0.2) is 48.5 Å². The Kier molecular flexibility index (Phi) is 4.02. The second kappa shape index (κ2) is 6.12. The lowest BCUT2D eigenvalue weighted by atomic mass is 10.2. The number of carbonyl (C=O) groups is 2. The first-order chi connectivity index (χ1) is 11.1. The zero-order valence-electron chi connectivity index (χ0n) is 12.7. The Hall–Kier alpha value is -2.82. The molecule has 118 valence electrons. The standard InChI is InChI=1S/C18H17NO4/c1-12(23-18(22)14-6-4-7-15(20)11-14)17(21)19-10-9-13-5-2-3-8-16(13)19/h2-8,11-12,20H,9-10H2,1H3/t12-/m0/s1. The van der Waals surface area contributed by atoms with Crippen LogP contribution in [0.3, 0.4) is 0 Å². The third-order valence-electron chi connectivity index (χ3n) is 3.87. The lowest BCUT2D eigenvalue weighted by molar-refractivity contribution is -0.126. The molecule has 0 saturated heterocycles. The van der Waals surface area contributed by atoms with Gasteiger partial charge >= 0.3 is 5.97 Å². The Morgan fingerprint density at radius 2 is 1.96 bits per heavy atom. The van der Waals surface area contributed by atoms with Gasteiger partial charge < -0.3 is 14.7 Å². The minimum Gasteiger partial charge on any atom is -0.508 e. The van der Waals surface area contributed by atoms with Crippen molar-refractivity contribution in [3.05, 3.63) is 59.7 Å². The van der Waals surface area contributed by atoms with E-state index in [1.807, 2.05) is 24.3 Å². The van der Waals surface area contributed by atoms with Crippen LogP contribution in [0.25, 0.3) is 0 Å². The Bertz CT molecular complexity index is 756. The summed E-state index contributed by atoms with van der Waals surface area (Å²) < 4.78 is 5.24. The molecular formula is C18H17NO4. The Labute approximate surface area is 134 Å². The number of carbonyl (C=O) groups excluding carboxylic acids is 2. The Balaban J connectivity index is 1.70. The third kappa shape index (κ3) is 3.04. The van der Waals surface area contributed by atoms with Gasteiger partial charge in [-0.25, -0.2) is 4.79 Å². The molecule has 0 aromatic heterocycles. The molecule has 1 aliphatic heterocycles. The van der Waals surface area contributed by atoms with Gasteiger partial charge in [-0.05, 0) is 43.2 Å². The fourth-order valence-corrected chi connectivity index (χ4v) is 2.70. The first kappa shape index (κ1) is 15.1. The number of phenols is 1. The molecule has 1 amide bonds. The van der Waals surface area contributed by atoms with Crippen LogP contribution in [-0.4, -0.2) is 29.6 Å². The van der Waals surface area contributed by atoms with Crippen molar-refractivity contribution in [2.45, 2.75) is 19.4 Å². The van der Waals surface area contributed by atoms with Crippen LogP contribution < -0.4 is 4.90 Å². The number of rotatable bonds is 3. The average molecular weight is 311 g/mol. The molecule has 5 heteroatoms. The number of amides is 1. The molecule has 0 fully saturated rings. The molecule has 2 aromatic carbocycles. The smallest absolute Gasteiger partial charge is 0.339 e. The van der Waals surface area contributed by atoms with E-state index in [-0.39, 0.29) is 17.2 Å². The van der Waals surface area contributed by atoms with E-state index in [2.05, 4.69) is 0 Å². The zero-order valence-corrected chi connectivity index (χ0v) is 12.7. The molecule has 23 heavy (non-hydrogen) atoms. The molecule has 1 N–H and O–H groups in total. The number of ether oxygens (including phenoxy) is 1. The van der Waals surface area contributed by atoms with Gasteiger partial charge in [0.25, 0.3) is 5.91 Å². The zero-order chi connectivity index (χ0) is 16.4. The van der Waals surface area contributed by atoms with E-state index in [4.69, 9.17) is 4.74 Å². The fraction of sp³-hybridized carbons (Fsp3) is 0.222. The van der Waals surface area contributed by atoms with Gasteiger partial charge in [-0.15, -0.1) is 0 Å². The largest absolute Gasteiger partial charge is 0.508 e. The first-order valence-corrected chi connectivity index (χ1v) is 7.45. The second-order valence-electron chi connectivity index (χ2n) is 5.47. The molecule has 0 unspecified atom stereocenters. The van der Waals surface area contributed by atoms with Crippen LogP contribution in [0.2, 0.25) is 0 Å². The van der Waals surface area contributed by atoms with Crippen LogP contribution in [0.4, 0.5) is 5.69 Å². The summed E-state index contributed by atoms with van der Waals surface area (Å²) in [6.07, 6.45) is -0.0919. The van der Waals surface area contributed by atoms with Crippen molar-refractivity contribution >= 4 is 17.6 Å². The highest BCUT2D eigenvalue weighted by Gasteiger charge is 2.29. The highest BCUT2D eigenvalue weighted by atomic mass is 16.5. The van der Waals surface area contributed by atoms with E-state index < -0.39 is 12.1 Å². The van der Waals surface area contributed by atoms with E-state index >= 15 is 0 Å². The van der Waals surface area contributed by atoms with Crippen LogP contribution in [0, 0.1) is 0 Å². The number of hydrogen-bond donors (Lipinski definition) is 1. The topological polar surface area (TPSA) is 66.8 Å². The van der Waals surface area contributed by atoms with E-state index in [0.29, 0.717) is 6.54 Å². The molecule has 5 nitrogen and oxygen atoms in total. The van der Waals surface area contributed by atoms with Crippen molar-refractivity contribution in [1.29, 1.82) is 0 Å². The maximum Gasteiger partial charge on any atom is 0.339 e. The Morgan fingerprint density at radius 1 is 1.17 bits per heavy atom. The minimum absolute atomic E-state index is 0.0214. The number of aromatic hydroxyl groups is 1. The highest BCUT2D eigenvalue weighted by molar-refractivity contribution is 6.00. The number of anilines is 1. The Morgan fingerprint density at radius 3 is 2.74 bits per heavy atom. The molecule has 1 heterocycles. The lowest BCUT2D eigenvalue weighted by Crippen LogP contribution is -2.39. The van der Waals surface area contributed by atoms with Gasteiger partial charge in [0.05, 0.1) is 5.56 Å². The molecule has 2 aromatic rings. The van der Waals surface area contributed by atoms with Crippen LogP contribution in [-0.2, 0) is 16.0 Å². The normalized spacial score (nSPS) is 14.2. The van der Waals surface area contributed by atoms with Crippen molar-refractivity contribution in [3.8, 4) is 5.75 Å². The van der Waals surface area contributed by atoms with Gasteiger partial charge in [-0.3, -0.25) is 4.79 Å². The van der Waals surface area contributed by atoms with Crippen LogP contribution >= 0.6 is 0 Å². The number of para-hydroxylation sites is 1. The van der Waals surface area contributed by atoms with E-state index in [9.17, 15) is 14.7 Å². The van der Waals surface area contributed by atoms with Gasteiger partial charge in [-0.2, -0.15) is 0 Å². The molecular weight excluding hydrogens is 294 g/mol. The molecule has 0 bridgehead atoms. The molecule has 0 aliphatic carbocycles. The minimum atomic E-state index is -0.893. The summed E-state index contributed by atoms with van der Waals surface area (Å²) in [7, 11) is 0. The predicted molar refractivity (Wildman–Crippen MR) is 85.5 cm³/mol. The summed E-state index contributed by atoms with van der Waals surface area (Å²) >= 11 is 0. The maximum absolute atomic E-state index is 12.5. The van der Waals surface area contributed by atoms with Crippen molar-refractivity contribution in [2.75, 3.05) is 11.4 Å². The molecule has 1 aliphatic rings.